The second-order valence-corrected chi connectivity index (χ2v) is 6.12. The molecular formula is C20H16F3N3O. The van der Waals surface area contributed by atoms with Crippen LogP contribution in [0.3, 0.4) is 0 Å². The lowest BCUT2D eigenvalue weighted by molar-refractivity contribution is -0.137. The van der Waals surface area contributed by atoms with Gasteiger partial charge in [0.15, 0.2) is 0 Å². The third kappa shape index (κ3) is 3.67. The van der Waals surface area contributed by atoms with Crippen LogP contribution in [0.2, 0.25) is 0 Å². The van der Waals surface area contributed by atoms with Crippen molar-refractivity contribution in [3.05, 3.63) is 75.6 Å². The Bertz CT molecular complexity index is 1080. The molecule has 1 aromatic rings. The first kappa shape index (κ1) is 18.6. The fraction of sp³-hybridized carbons (Fsp3) is 0.150. The Morgan fingerprint density at radius 3 is 2.44 bits per heavy atom. The average molecular weight is 371 g/mol. The zero-order valence-corrected chi connectivity index (χ0v) is 14.6. The molecule has 0 unspecified atom stereocenters. The van der Waals surface area contributed by atoms with Crippen LogP contribution < -0.4 is 5.56 Å². The molecule has 1 aromatic carbocycles. The molecule has 0 atom stereocenters. The van der Waals surface area contributed by atoms with Crippen molar-refractivity contribution in [3.8, 4) is 11.3 Å². The first-order valence-corrected chi connectivity index (χ1v) is 8.12. The number of hydrogen-bond acceptors (Lipinski definition) is 3. The highest BCUT2D eigenvalue weighted by Gasteiger charge is 2.31. The number of hydrogen-bond donors (Lipinski definition) is 2. The number of nitrogens with zero attached hydrogens (tertiary/aromatic N) is 1. The summed E-state index contributed by atoms with van der Waals surface area (Å²) < 4.78 is 39.2. The molecule has 0 bridgehead atoms. The van der Waals surface area contributed by atoms with Gasteiger partial charge in [0.05, 0.1) is 22.5 Å². The number of benzene rings is 1. The van der Waals surface area contributed by atoms with Gasteiger partial charge in [-0.2, -0.15) is 13.2 Å². The summed E-state index contributed by atoms with van der Waals surface area (Å²) in [7, 11) is 0. The van der Waals surface area contributed by atoms with E-state index >= 15 is 0 Å². The van der Waals surface area contributed by atoms with E-state index in [1.165, 1.54) is 13.0 Å². The van der Waals surface area contributed by atoms with Crippen molar-refractivity contribution in [2.45, 2.75) is 20.0 Å². The number of halogens is 3. The number of aromatic nitrogens is 1. The van der Waals surface area contributed by atoms with Crippen LogP contribution in [0, 0.1) is 5.41 Å². The molecule has 1 aliphatic carbocycles. The van der Waals surface area contributed by atoms with Gasteiger partial charge in [-0.05, 0) is 32.0 Å². The monoisotopic (exact) mass is 371 g/mol. The minimum Gasteiger partial charge on any atom is -0.321 e. The fourth-order valence-corrected chi connectivity index (χ4v) is 2.89. The zero-order valence-electron chi connectivity index (χ0n) is 14.6. The molecule has 0 saturated carbocycles. The van der Waals surface area contributed by atoms with Crippen molar-refractivity contribution in [1.29, 1.82) is 5.41 Å². The van der Waals surface area contributed by atoms with E-state index in [1.807, 2.05) is 0 Å². The van der Waals surface area contributed by atoms with Gasteiger partial charge in [0.25, 0.3) is 5.56 Å². The van der Waals surface area contributed by atoms with Gasteiger partial charge in [-0.15, -0.1) is 0 Å². The molecule has 138 valence electrons. The van der Waals surface area contributed by atoms with Gasteiger partial charge in [0.2, 0.25) is 0 Å². The van der Waals surface area contributed by atoms with Gasteiger partial charge in [-0.3, -0.25) is 9.79 Å². The van der Waals surface area contributed by atoms with Crippen LogP contribution in [0.15, 0.2) is 58.3 Å². The second kappa shape index (κ2) is 6.83. The van der Waals surface area contributed by atoms with E-state index in [-0.39, 0.29) is 28.2 Å². The molecule has 0 aromatic heterocycles. The summed E-state index contributed by atoms with van der Waals surface area (Å²) in [5.74, 6) is 0. The Hall–Kier alpha value is -3.22. The van der Waals surface area contributed by atoms with E-state index in [9.17, 15) is 18.0 Å². The Balaban J connectivity index is 2.19. The molecule has 0 saturated heterocycles. The summed E-state index contributed by atoms with van der Waals surface area (Å²) in [6.07, 6.45) is -4.52. The average Bonchev–Trinajstić information content (AvgIpc) is 2.73. The lowest BCUT2D eigenvalue weighted by Crippen LogP contribution is -2.11. The minimum atomic E-state index is -4.52. The second-order valence-electron chi connectivity index (χ2n) is 6.12. The maximum Gasteiger partial charge on any atom is 0.416 e. The van der Waals surface area contributed by atoms with Crippen LogP contribution in [0.25, 0.3) is 11.3 Å². The first-order chi connectivity index (χ1) is 12.7. The van der Waals surface area contributed by atoms with E-state index < -0.39 is 11.7 Å². The quantitative estimate of drug-likeness (QED) is 0.623. The normalized spacial score (nSPS) is 12.4. The maximum absolute atomic E-state index is 13.1. The third-order valence-corrected chi connectivity index (χ3v) is 4.16. The van der Waals surface area contributed by atoms with Crippen LogP contribution in [0.4, 0.5) is 18.9 Å². The molecule has 0 spiro atoms. The van der Waals surface area contributed by atoms with E-state index in [2.05, 4.69) is 9.98 Å². The molecule has 0 amide bonds. The fourth-order valence-electron chi connectivity index (χ4n) is 2.89. The molecule has 3 rings (SSSR count). The zero-order chi connectivity index (χ0) is 19.8. The van der Waals surface area contributed by atoms with Crippen molar-refractivity contribution >= 4 is 17.1 Å². The van der Waals surface area contributed by atoms with E-state index in [0.717, 1.165) is 12.1 Å². The number of aliphatic imine (C=N–C) groups is 1. The Kier molecular flexibility index (Phi) is 4.70. The number of nitrogens with one attached hydrogen (secondary N) is 2. The number of alkyl halides is 3. The number of fused-ring (bicyclic) bond motifs is 1. The number of H-pyrrole nitrogens is 1. The smallest absolute Gasteiger partial charge is 0.321 e. The predicted molar refractivity (Wildman–Crippen MR) is 99.5 cm³/mol. The first-order valence-electron chi connectivity index (χ1n) is 8.12. The molecule has 7 heteroatoms. The van der Waals surface area contributed by atoms with E-state index in [1.54, 1.807) is 37.3 Å². The van der Waals surface area contributed by atoms with E-state index in [4.69, 9.17) is 5.41 Å². The highest BCUT2D eigenvalue weighted by molar-refractivity contribution is 6.08. The van der Waals surface area contributed by atoms with Crippen molar-refractivity contribution in [1.82, 2.24) is 4.98 Å². The lowest BCUT2D eigenvalue weighted by atomic mass is 10.0. The molecule has 0 fully saturated rings. The largest absolute Gasteiger partial charge is 0.416 e. The number of rotatable bonds is 3. The maximum atomic E-state index is 13.1. The molecule has 4 nitrogen and oxygen atoms in total. The molecule has 2 N–H and O–H groups in total. The van der Waals surface area contributed by atoms with Crippen LogP contribution in [0.5, 0.6) is 0 Å². The van der Waals surface area contributed by atoms with Crippen molar-refractivity contribution in [2.75, 3.05) is 0 Å². The van der Waals surface area contributed by atoms with Gasteiger partial charge in [-0.25, -0.2) is 0 Å². The molecule has 2 aliphatic rings. The van der Waals surface area contributed by atoms with Crippen LogP contribution >= 0.6 is 0 Å². The highest BCUT2D eigenvalue weighted by Crippen LogP contribution is 2.34. The third-order valence-electron chi connectivity index (χ3n) is 4.16. The van der Waals surface area contributed by atoms with Gasteiger partial charge in [-0.1, -0.05) is 30.3 Å². The van der Waals surface area contributed by atoms with Crippen LogP contribution in [-0.4, -0.2) is 16.4 Å². The van der Waals surface area contributed by atoms with Gasteiger partial charge in [0.1, 0.15) is 0 Å². The number of aromatic amines is 1. The summed E-state index contributed by atoms with van der Waals surface area (Å²) in [4.78, 5) is 19.4. The van der Waals surface area contributed by atoms with Crippen molar-refractivity contribution in [2.24, 2.45) is 4.99 Å². The highest BCUT2D eigenvalue weighted by atomic mass is 19.4. The van der Waals surface area contributed by atoms with Crippen LogP contribution in [-0.2, 0) is 6.18 Å². The molecule has 1 aliphatic heterocycles. The van der Waals surface area contributed by atoms with Gasteiger partial charge in [0, 0.05) is 22.5 Å². The summed E-state index contributed by atoms with van der Waals surface area (Å²) >= 11 is 0. The van der Waals surface area contributed by atoms with Crippen molar-refractivity contribution in [3.63, 3.8) is 0 Å². The Morgan fingerprint density at radius 1 is 1.07 bits per heavy atom. The van der Waals surface area contributed by atoms with Gasteiger partial charge >= 0.3 is 6.18 Å². The van der Waals surface area contributed by atoms with E-state index in [0.29, 0.717) is 16.8 Å². The summed E-state index contributed by atoms with van der Waals surface area (Å²) in [5.41, 5.74) is 0.969. The Labute approximate surface area is 153 Å². The minimum absolute atomic E-state index is 0.00359. The standard InChI is InChI=1S/C20H16F3N3O/c1-11(24)14-9-8-13(20(21,22)23)10-17(14)25-12(2)18-15-6-4-3-5-7-16(15)26-19(18)27/h3-10,24H,1-2H3,(H,26,27). The topological polar surface area (TPSA) is 69.1 Å². The summed E-state index contributed by atoms with van der Waals surface area (Å²) in [6, 6.07) is 11.9. The van der Waals surface area contributed by atoms with Gasteiger partial charge < -0.3 is 10.4 Å². The molecule has 1 heterocycles. The SMILES string of the molecule is CC(=N)c1ccc(C(F)(F)F)cc1N=C(C)c1c2cccccc-2[nH]c1=O. The van der Waals surface area contributed by atoms with Crippen molar-refractivity contribution < 1.29 is 13.2 Å². The predicted octanol–water partition coefficient (Wildman–Crippen LogP) is 5.03. The molecule has 27 heavy (non-hydrogen) atoms. The summed E-state index contributed by atoms with van der Waals surface area (Å²) in [6.45, 7) is 3.04. The lowest BCUT2D eigenvalue weighted by Gasteiger charge is -2.11. The summed E-state index contributed by atoms with van der Waals surface area (Å²) in [5, 5.41) is 7.80. The van der Waals surface area contributed by atoms with Crippen LogP contribution in [0.1, 0.15) is 30.5 Å². The molecular weight excluding hydrogens is 355 g/mol. The Morgan fingerprint density at radius 2 is 1.78 bits per heavy atom. The molecule has 0 radical (unpaired) electrons.